The molecule has 3 N–H and O–H groups in total. The maximum Gasteiger partial charge on any atom is 0.223 e. The zero-order valence-electron chi connectivity index (χ0n) is 16.1. The normalized spacial score (nSPS) is 26.1. The van der Waals surface area contributed by atoms with Gasteiger partial charge in [-0.2, -0.15) is 0 Å². The molecule has 4 atom stereocenters. The average Bonchev–Trinajstić information content (AvgIpc) is 3.40. The zero-order chi connectivity index (χ0) is 20.1. The number of nitrogens with one attached hydrogen (secondary N) is 1. The van der Waals surface area contributed by atoms with E-state index < -0.39 is 0 Å². The van der Waals surface area contributed by atoms with Crippen molar-refractivity contribution in [1.82, 2.24) is 9.97 Å². The highest BCUT2D eigenvalue weighted by atomic mass is 19.1. The number of aromatic nitrogens is 2. The zero-order valence-corrected chi connectivity index (χ0v) is 16.1. The molecule has 1 aromatic carbocycles. The minimum absolute atomic E-state index is 0.0954. The van der Waals surface area contributed by atoms with Crippen molar-refractivity contribution in [2.24, 2.45) is 28.5 Å². The number of benzene rings is 1. The fourth-order valence-electron chi connectivity index (χ4n) is 4.73. The second-order valence-corrected chi connectivity index (χ2v) is 8.11. The predicted octanol–water partition coefficient (Wildman–Crippen LogP) is 2.86. The first-order valence-electron chi connectivity index (χ1n) is 9.91. The molecule has 5 rings (SSSR count). The summed E-state index contributed by atoms with van der Waals surface area (Å²) in [5.41, 5.74) is 8.68. The number of hydrogen-bond donors (Lipinski definition) is 2. The van der Waals surface area contributed by atoms with Crippen molar-refractivity contribution in [2.45, 2.75) is 32.2 Å². The van der Waals surface area contributed by atoms with Gasteiger partial charge in [-0.15, -0.1) is 0 Å². The minimum Gasteiger partial charge on any atom is -0.369 e. The molecule has 6 nitrogen and oxygen atoms in total. The highest BCUT2D eigenvalue weighted by Gasteiger charge is 2.47. The number of aliphatic imine (C=N–C) groups is 1. The Kier molecular flexibility index (Phi) is 4.19. The summed E-state index contributed by atoms with van der Waals surface area (Å²) in [7, 11) is 0. The van der Waals surface area contributed by atoms with Crippen LogP contribution in [-0.4, -0.2) is 28.1 Å². The van der Waals surface area contributed by atoms with Crippen LogP contribution in [0.4, 0.5) is 15.9 Å². The molecule has 2 aliphatic carbocycles. The van der Waals surface area contributed by atoms with Crippen molar-refractivity contribution in [3.05, 3.63) is 58.8 Å². The van der Waals surface area contributed by atoms with Gasteiger partial charge >= 0.3 is 0 Å². The molecule has 2 bridgehead atoms. The van der Waals surface area contributed by atoms with E-state index in [4.69, 9.17) is 10.7 Å². The van der Waals surface area contributed by atoms with Gasteiger partial charge < -0.3 is 11.1 Å². The van der Waals surface area contributed by atoms with Crippen molar-refractivity contribution in [3.8, 4) is 0 Å². The average molecular weight is 391 g/mol. The number of amides is 1. The summed E-state index contributed by atoms with van der Waals surface area (Å²) in [6, 6.07) is 5.09. The molecule has 2 aromatic rings. The summed E-state index contributed by atoms with van der Waals surface area (Å²) >= 11 is 0. The van der Waals surface area contributed by atoms with E-state index in [2.05, 4.69) is 27.4 Å². The van der Waals surface area contributed by atoms with Crippen molar-refractivity contribution in [2.75, 3.05) is 5.32 Å². The van der Waals surface area contributed by atoms with Crippen LogP contribution in [0.5, 0.6) is 0 Å². The van der Waals surface area contributed by atoms with Crippen LogP contribution >= 0.6 is 0 Å². The van der Waals surface area contributed by atoms with Crippen LogP contribution in [0.1, 0.15) is 29.1 Å². The smallest absolute Gasteiger partial charge is 0.223 e. The van der Waals surface area contributed by atoms with Crippen LogP contribution < -0.4 is 11.1 Å². The molecule has 1 amide bonds. The summed E-state index contributed by atoms with van der Waals surface area (Å²) in [4.78, 5) is 25.8. The van der Waals surface area contributed by atoms with Gasteiger partial charge in [0, 0.05) is 25.1 Å². The highest BCUT2D eigenvalue weighted by molar-refractivity contribution is 5.82. The molecule has 1 saturated carbocycles. The number of nitrogens with zero attached hydrogens (tertiary/aromatic N) is 3. The van der Waals surface area contributed by atoms with Gasteiger partial charge in [-0.25, -0.2) is 14.4 Å². The fourth-order valence-corrected chi connectivity index (χ4v) is 4.73. The lowest BCUT2D eigenvalue weighted by Crippen LogP contribution is -2.41. The lowest BCUT2D eigenvalue weighted by atomic mass is 9.88. The van der Waals surface area contributed by atoms with E-state index in [1.165, 1.54) is 6.07 Å². The van der Waals surface area contributed by atoms with Crippen molar-refractivity contribution in [3.63, 3.8) is 0 Å². The second-order valence-electron chi connectivity index (χ2n) is 8.11. The molecule has 148 valence electrons. The largest absolute Gasteiger partial charge is 0.369 e. The molecule has 3 aliphatic rings. The first kappa shape index (κ1) is 18.0. The Morgan fingerprint density at radius 3 is 2.90 bits per heavy atom. The Morgan fingerprint density at radius 1 is 1.28 bits per heavy atom. The first-order chi connectivity index (χ1) is 14.0. The van der Waals surface area contributed by atoms with Gasteiger partial charge in [-0.05, 0) is 42.4 Å². The number of carbonyl (C=O) groups is 1. The number of fused-ring (bicyclic) bond motifs is 3. The summed E-state index contributed by atoms with van der Waals surface area (Å²) in [6.07, 6.45) is 8.05. The Balaban J connectivity index is 1.46. The van der Waals surface area contributed by atoms with E-state index in [1.807, 2.05) is 12.3 Å². The Bertz CT molecular complexity index is 1060. The molecular weight excluding hydrogens is 369 g/mol. The van der Waals surface area contributed by atoms with E-state index in [9.17, 15) is 9.18 Å². The Labute approximate surface area is 168 Å². The van der Waals surface area contributed by atoms with E-state index in [1.54, 1.807) is 13.0 Å². The topological polar surface area (TPSA) is 93.3 Å². The molecule has 7 heteroatoms. The maximum atomic E-state index is 13.9. The van der Waals surface area contributed by atoms with Crippen LogP contribution in [0.25, 0.3) is 0 Å². The molecule has 0 saturated heterocycles. The number of anilines is 1. The number of allylic oxidation sites excluding steroid dienone is 1. The van der Waals surface area contributed by atoms with Crippen LogP contribution in [-0.2, 0) is 17.6 Å². The Hall–Kier alpha value is -3.09. The lowest BCUT2D eigenvalue weighted by molar-refractivity contribution is -0.122. The van der Waals surface area contributed by atoms with Crippen molar-refractivity contribution in [1.29, 1.82) is 0 Å². The van der Waals surface area contributed by atoms with E-state index >= 15 is 0 Å². The third kappa shape index (κ3) is 3.10. The SMILES string of the molecule is Cc1ccc(Cc2nc3c(c(NC4C5C=CC(C5)C4C(N)=O)n2)N=CC3)cc1F. The third-order valence-corrected chi connectivity index (χ3v) is 6.20. The Morgan fingerprint density at radius 2 is 2.10 bits per heavy atom. The highest BCUT2D eigenvalue weighted by Crippen LogP contribution is 2.45. The van der Waals surface area contributed by atoms with Gasteiger partial charge in [0.15, 0.2) is 5.82 Å². The number of primary amides is 1. The molecule has 0 radical (unpaired) electrons. The summed E-state index contributed by atoms with van der Waals surface area (Å²) in [6.45, 7) is 1.74. The molecular formula is C22H22FN5O. The second kappa shape index (κ2) is 6.76. The summed E-state index contributed by atoms with van der Waals surface area (Å²) < 4.78 is 13.9. The van der Waals surface area contributed by atoms with Crippen molar-refractivity contribution >= 4 is 23.6 Å². The standard InChI is InChI=1S/C22H22FN5O/c1-11-2-3-12(8-15(11)23)9-17-26-16-6-7-25-20(16)22(27-17)28-19-14-5-4-13(10-14)18(19)21(24)29/h2-5,7-8,13-14,18-19H,6,9-10H2,1H3,(H2,24,29)(H,26,27,28). The molecule has 2 heterocycles. The van der Waals surface area contributed by atoms with Crippen LogP contribution in [0.3, 0.4) is 0 Å². The predicted molar refractivity (Wildman–Crippen MR) is 109 cm³/mol. The van der Waals surface area contributed by atoms with Crippen LogP contribution in [0.2, 0.25) is 0 Å². The summed E-state index contributed by atoms with van der Waals surface area (Å²) in [5, 5.41) is 3.46. The molecule has 4 unspecified atom stereocenters. The number of nitrogens with two attached hydrogens (primary N) is 1. The van der Waals surface area contributed by atoms with Gasteiger partial charge in [0.2, 0.25) is 5.91 Å². The first-order valence-corrected chi connectivity index (χ1v) is 9.91. The maximum absolute atomic E-state index is 13.9. The monoisotopic (exact) mass is 391 g/mol. The molecule has 1 aromatic heterocycles. The van der Waals surface area contributed by atoms with Gasteiger partial charge in [0.05, 0.1) is 11.6 Å². The summed E-state index contributed by atoms with van der Waals surface area (Å²) in [5.74, 6) is 0.896. The number of aryl methyl sites for hydroxylation is 1. The van der Waals surface area contributed by atoms with E-state index in [0.29, 0.717) is 30.0 Å². The number of rotatable bonds is 5. The molecule has 0 spiro atoms. The minimum atomic E-state index is -0.288. The molecule has 1 aliphatic heterocycles. The van der Waals surface area contributed by atoms with Crippen molar-refractivity contribution < 1.29 is 9.18 Å². The van der Waals surface area contributed by atoms with Gasteiger partial charge in [-0.1, -0.05) is 24.3 Å². The lowest BCUT2D eigenvalue weighted by Gasteiger charge is -2.27. The number of halogens is 1. The van der Waals surface area contributed by atoms with E-state index in [-0.39, 0.29) is 35.5 Å². The van der Waals surface area contributed by atoms with Crippen LogP contribution in [0, 0.1) is 30.5 Å². The molecule has 1 fully saturated rings. The fraction of sp³-hybridized carbons (Fsp3) is 0.364. The number of hydrogen-bond acceptors (Lipinski definition) is 5. The van der Waals surface area contributed by atoms with E-state index in [0.717, 1.165) is 23.4 Å². The quantitative estimate of drug-likeness (QED) is 0.767. The van der Waals surface area contributed by atoms with Gasteiger partial charge in [0.1, 0.15) is 17.3 Å². The van der Waals surface area contributed by atoms with Gasteiger partial charge in [0.25, 0.3) is 0 Å². The molecule has 29 heavy (non-hydrogen) atoms. The number of carbonyl (C=O) groups excluding carboxylic acids is 1. The van der Waals surface area contributed by atoms with Crippen LogP contribution in [0.15, 0.2) is 35.3 Å². The third-order valence-electron chi connectivity index (χ3n) is 6.20. The van der Waals surface area contributed by atoms with Gasteiger partial charge in [-0.3, -0.25) is 9.79 Å².